The van der Waals surface area contributed by atoms with Crippen molar-refractivity contribution in [3.63, 3.8) is 0 Å². The summed E-state index contributed by atoms with van der Waals surface area (Å²) in [5, 5.41) is -1.70. The van der Waals surface area contributed by atoms with Gasteiger partial charge in [0.15, 0.2) is 0 Å². The highest BCUT2D eigenvalue weighted by atomic mass is 32.2. The van der Waals surface area contributed by atoms with Gasteiger partial charge in [0.1, 0.15) is 0 Å². The summed E-state index contributed by atoms with van der Waals surface area (Å²) in [6.45, 7) is 3.64. The first-order valence-corrected chi connectivity index (χ1v) is 7.86. The van der Waals surface area contributed by atoms with Crippen molar-refractivity contribution in [1.82, 2.24) is 0 Å². The van der Waals surface area contributed by atoms with Crippen LogP contribution in [0.3, 0.4) is 0 Å². The van der Waals surface area contributed by atoms with Crippen molar-refractivity contribution in [2.75, 3.05) is 13.2 Å². The van der Waals surface area contributed by atoms with Gasteiger partial charge in [-0.2, -0.15) is 0 Å². The summed E-state index contributed by atoms with van der Waals surface area (Å²) in [6.07, 6.45) is 0. The molecule has 0 N–H and O–H groups in total. The average Bonchev–Trinajstić information content (AvgIpc) is 2.31. The number of rotatable bonds is 7. The van der Waals surface area contributed by atoms with Gasteiger partial charge in [0.05, 0.1) is 13.2 Å². The van der Waals surface area contributed by atoms with E-state index >= 15 is 0 Å². The van der Waals surface area contributed by atoms with Crippen molar-refractivity contribution in [2.24, 2.45) is 0 Å². The van der Waals surface area contributed by atoms with Crippen LogP contribution in [0.4, 0.5) is 4.39 Å². The summed E-state index contributed by atoms with van der Waals surface area (Å²) in [5.41, 5.74) is 0. The van der Waals surface area contributed by atoms with Crippen LogP contribution in [0.5, 0.6) is 0 Å². The number of thioether (sulfide) groups is 1. The Morgan fingerprint density at radius 2 is 1.76 bits per heavy atom. The molecule has 0 spiro atoms. The first-order valence-electron chi connectivity index (χ1n) is 5.37. The lowest BCUT2D eigenvalue weighted by atomic mass is 10.4. The van der Waals surface area contributed by atoms with E-state index in [0.717, 1.165) is 11.8 Å². The van der Waals surface area contributed by atoms with Gasteiger partial charge < -0.3 is 9.05 Å². The van der Waals surface area contributed by atoms with Gasteiger partial charge in [-0.05, 0) is 26.0 Å². The lowest BCUT2D eigenvalue weighted by Crippen LogP contribution is -2.05. The lowest BCUT2D eigenvalue weighted by Gasteiger charge is -2.19. The minimum Gasteiger partial charge on any atom is -0.306 e. The van der Waals surface area contributed by atoms with Crippen LogP contribution in [0.2, 0.25) is 0 Å². The first-order chi connectivity index (χ1) is 8.12. The molecule has 0 saturated carbocycles. The van der Waals surface area contributed by atoms with Crippen LogP contribution in [-0.4, -0.2) is 18.5 Å². The van der Waals surface area contributed by atoms with Crippen LogP contribution in [0.25, 0.3) is 0 Å². The Hall–Kier alpha value is -0.350. The third kappa shape index (κ3) is 4.43. The highest BCUT2D eigenvalue weighted by Gasteiger charge is 2.36. The molecule has 1 aromatic carbocycles. The molecule has 0 aliphatic rings. The minimum atomic E-state index is -3.68. The van der Waals surface area contributed by atoms with E-state index in [0.29, 0.717) is 4.90 Å². The molecule has 0 radical (unpaired) electrons. The molecule has 17 heavy (non-hydrogen) atoms. The fourth-order valence-corrected chi connectivity index (χ4v) is 4.00. The molecule has 1 unspecified atom stereocenters. The van der Waals surface area contributed by atoms with E-state index in [1.165, 1.54) is 0 Å². The summed E-state index contributed by atoms with van der Waals surface area (Å²) in [7, 11) is -3.68. The van der Waals surface area contributed by atoms with E-state index in [1.807, 2.05) is 6.07 Å². The van der Waals surface area contributed by atoms with Crippen LogP contribution < -0.4 is 0 Å². The van der Waals surface area contributed by atoms with Crippen molar-refractivity contribution in [3.05, 3.63) is 30.3 Å². The minimum absolute atomic E-state index is 0.160. The summed E-state index contributed by atoms with van der Waals surface area (Å²) in [6, 6.07) is 8.92. The Bertz CT molecular complexity index is 364. The largest absolute Gasteiger partial charge is 0.375 e. The molecule has 96 valence electrons. The molecule has 1 aromatic rings. The molecule has 0 aliphatic carbocycles. The summed E-state index contributed by atoms with van der Waals surface area (Å²) >= 11 is 0.851. The number of benzene rings is 1. The molecule has 1 atom stereocenters. The maximum atomic E-state index is 14.0. The second-order valence-electron chi connectivity index (χ2n) is 3.10. The topological polar surface area (TPSA) is 35.5 Å². The standard InChI is InChI=1S/C11H16FO3PS/c1-3-14-16(13,15-4-2)11(12)17-10-8-6-5-7-9-10/h5-9,11H,3-4H2,1-2H3. The molecular formula is C11H16FO3PS. The maximum absolute atomic E-state index is 14.0. The quantitative estimate of drug-likeness (QED) is 0.550. The van der Waals surface area contributed by atoms with Crippen molar-refractivity contribution < 1.29 is 18.0 Å². The molecular weight excluding hydrogens is 262 g/mol. The van der Waals surface area contributed by atoms with Gasteiger partial charge in [-0.1, -0.05) is 30.0 Å². The van der Waals surface area contributed by atoms with Crippen LogP contribution in [0.15, 0.2) is 35.2 Å². The van der Waals surface area contributed by atoms with Gasteiger partial charge in [-0.15, -0.1) is 0 Å². The van der Waals surface area contributed by atoms with Gasteiger partial charge in [0.25, 0.3) is 5.24 Å². The van der Waals surface area contributed by atoms with Crippen molar-refractivity contribution in [2.45, 2.75) is 24.0 Å². The smallest absolute Gasteiger partial charge is 0.306 e. The van der Waals surface area contributed by atoms with Gasteiger partial charge in [-0.3, -0.25) is 4.57 Å². The van der Waals surface area contributed by atoms with Gasteiger partial charge >= 0.3 is 7.60 Å². The van der Waals surface area contributed by atoms with Gasteiger partial charge in [0, 0.05) is 4.90 Å². The Labute approximate surface area is 105 Å². The highest BCUT2D eigenvalue weighted by Crippen LogP contribution is 2.58. The molecule has 0 amide bonds. The predicted octanol–water partition coefficient (Wildman–Crippen LogP) is 4.30. The third-order valence-electron chi connectivity index (χ3n) is 1.84. The fraction of sp³-hybridized carbons (Fsp3) is 0.455. The molecule has 0 aliphatic heterocycles. The number of hydrogen-bond acceptors (Lipinski definition) is 4. The van der Waals surface area contributed by atoms with Crippen LogP contribution in [0, 0.1) is 0 Å². The van der Waals surface area contributed by atoms with Gasteiger partial charge in [-0.25, -0.2) is 4.39 Å². The summed E-state index contributed by atoms with van der Waals surface area (Å²) in [4.78, 5) is 0.694. The van der Waals surface area contributed by atoms with Crippen molar-refractivity contribution in [1.29, 1.82) is 0 Å². The summed E-state index contributed by atoms with van der Waals surface area (Å²) in [5.74, 6) is 0. The third-order valence-corrected chi connectivity index (χ3v) is 5.41. The zero-order valence-electron chi connectivity index (χ0n) is 9.84. The Balaban J connectivity index is 2.72. The molecule has 3 nitrogen and oxygen atoms in total. The second-order valence-corrected chi connectivity index (χ2v) is 6.62. The van der Waals surface area contributed by atoms with Crippen LogP contribution in [-0.2, 0) is 13.6 Å². The van der Waals surface area contributed by atoms with E-state index in [4.69, 9.17) is 9.05 Å². The Morgan fingerprint density at radius 3 is 2.24 bits per heavy atom. The second kappa shape index (κ2) is 7.17. The Kier molecular flexibility index (Phi) is 6.20. The highest BCUT2D eigenvalue weighted by molar-refractivity contribution is 8.05. The van der Waals surface area contributed by atoms with Crippen molar-refractivity contribution in [3.8, 4) is 0 Å². The molecule has 0 heterocycles. The molecule has 6 heteroatoms. The molecule has 1 rings (SSSR count). The molecule has 0 bridgehead atoms. The lowest BCUT2D eigenvalue weighted by molar-refractivity contribution is 0.205. The average molecular weight is 278 g/mol. The van der Waals surface area contributed by atoms with E-state index in [1.54, 1.807) is 38.1 Å². The predicted molar refractivity (Wildman–Crippen MR) is 68.1 cm³/mol. The van der Waals surface area contributed by atoms with Crippen LogP contribution >= 0.6 is 19.4 Å². The number of halogens is 1. The zero-order valence-corrected chi connectivity index (χ0v) is 11.5. The normalized spacial score (nSPS) is 13.6. The maximum Gasteiger partial charge on any atom is 0.375 e. The van der Waals surface area contributed by atoms with E-state index < -0.39 is 12.8 Å². The number of alkyl halides is 1. The van der Waals surface area contributed by atoms with E-state index in [-0.39, 0.29) is 13.2 Å². The summed E-state index contributed by atoms with van der Waals surface area (Å²) < 4.78 is 35.9. The van der Waals surface area contributed by atoms with Crippen molar-refractivity contribution >= 4 is 19.4 Å². The van der Waals surface area contributed by atoms with E-state index in [9.17, 15) is 8.96 Å². The molecule has 0 fully saturated rings. The monoisotopic (exact) mass is 278 g/mol. The Morgan fingerprint density at radius 1 is 1.24 bits per heavy atom. The van der Waals surface area contributed by atoms with Gasteiger partial charge in [0.2, 0.25) is 0 Å². The first kappa shape index (κ1) is 14.7. The zero-order chi connectivity index (χ0) is 12.7. The van der Waals surface area contributed by atoms with E-state index in [2.05, 4.69) is 0 Å². The molecule has 0 aromatic heterocycles. The molecule has 0 saturated heterocycles. The van der Waals surface area contributed by atoms with Crippen LogP contribution in [0.1, 0.15) is 13.8 Å². The number of hydrogen-bond donors (Lipinski definition) is 0. The fourth-order valence-electron chi connectivity index (χ4n) is 1.19. The SMILES string of the molecule is CCOP(=O)(OCC)C(F)Sc1ccccc1.